The zero-order valence-corrected chi connectivity index (χ0v) is 18.3. The number of aryl methyl sites for hydroxylation is 1. The first-order chi connectivity index (χ1) is 15.1. The lowest BCUT2D eigenvalue weighted by Crippen LogP contribution is -2.24. The van der Waals surface area contributed by atoms with Crippen LogP contribution < -0.4 is 10.1 Å². The van der Waals surface area contributed by atoms with Gasteiger partial charge in [0.1, 0.15) is 11.3 Å². The smallest absolute Gasteiger partial charge is 0.287 e. The van der Waals surface area contributed by atoms with Gasteiger partial charge < -0.3 is 14.5 Å². The molecule has 0 aliphatic rings. The Bertz CT molecular complexity index is 1220. The van der Waals surface area contributed by atoms with Crippen LogP contribution in [0.2, 0.25) is 0 Å². The van der Waals surface area contributed by atoms with Gasteiger partial charge in [0, 0.05) is 46.4 Å². The van der Waals surface area contributed by atoms with Crippen LogP contribution in [0.15, 0.2) is 58.5 Å². The van der Waals surface area contributed by atoms with Gasteiger partial charge in [-0.1, -0.05) is 30.0 Å². The maximum Gasteiger partial charge on any atom is 0.287 e. The van der Waals surface area contributed by atoms with E-state index in [1.54, 1.807) is 31.8 Å². The average Bonchev–Trinajstić information content (AvgIpc) is 3.17. The van der Waals surface area contributed by atoms with E-state index in [-0.39, 0.29) is 12.5 Å². The predicted octanol–water partition coefficient (Wildman–Crippen LogP) is 4.47. The van der Waals surface area contributed by atoms with E-state index in [2.05, 4.69) is 20.3 Å². The first-order valence-electron chi connectivity index (χ1n) is 9.76. The molecule has 0 spiro atoms. The largest absolute Gasteiger partial charge is 0.496 e. The fraction of sp³-hybridized carbons (Fsp3) is 0.217. The van der Waals surface area contributed by atoms with Gasteiger partial charge in [-0.3, -0.25) is 9.78 Å². The molecule has 0 atom stereocenters. The summed E-state index contributed by atoms with van der Waals surface area (Å²) in [5.74, 6) is 1.30. The van der Waals surface area contributed by atoms with E-state index < -0.39 is 0 Å². The zero-order valence-electron chi connectivity index (χ0n) is 17.5. The van der Waals surface area contributed by atoms with E-state index in [0.29, 0.717) is 22.3 Å². The molecule has 31 heavy (non-hydrogen) atoms. The molecule has 0 unspecified atom stereocenters. The Morgan fingerprint density at radius 1 is 1.13 bits per heavy atom. The molecule has 4 aromatic rings. The van der Waals surface area contributed by atoms with Gasteiger partial charge in [-0.2, -0.15) is 0 Å². The number of hydrogen-bond acceptors (Lipinski definition) is 7. The van der Waals surface area contributed by atoms with E-state index in [4.69, 9.17) is 9.15 Å². The first kappa shape index (κ1) is 20.9. The summed E-state index contributed by atoms with van der Waals surface area (Å²) in [4.78, 5) is 26.0. The number of rotatable bonds is 7. The minimum absolute atomic E-state index is 0.271. The quantitative estimate of drug-likeness (QED) is 0.339. The van der Waals surface area contributed by atoms with Gasteiger partial charge in [0.05, 0.1) is 19.3 Å². The number of para-hydroxylation sites is 1. The Morgan fingerprint density at radius 3 is 2.68 bits per heavy atom. The SMILES string of the molecule is COc1c(C)cnc(CNC(=O)c2oc3ccccc3c2CSc2ncccn2)c1C. The number of furan rings is 1. The van der Waals surface area contributed by atoms with E-state index in [0.717, 1.165) is 33.5 Å². The maximum absolute atomic E-state index is 13.0. The Balaban J connectivity index is 1.58. The molecule has 3 aromatic heterocycles. The van der Waals surface area contributed by atoms with Gasteiger partial charge in [-0.15, -0.1) is 0 Å². The monoisotopic (exact) mass is 434 g/mol. The van der Waals surface area contributed by atoms with Crippen molar-refractivity contribution in [2.75, 3.05) is 7.11 Å². The van der Waals surface area contributed by atoms with Crippen LogP contribution in [0.5, 0.6) is 5.75 Å². The van der Waals surface area contributed by atoms with Gasteiger partial charge in [0.2, 0.25) is 0 Å². The van der Waals surface area contributed by atoms with Crippen molar-refractivity contribution >= 4 is 28.6 Å². The number of pyridine rings is 1. The summed E-state index contributed by atoms with van der Waals surface area (Å²) in [6.45, 7) is 4.15. The van der Waals surface area contributed by atoms with Crippen molar-refractivity contribution in [3.63, 3.8) is 0 Å². The number of ether oxygens (including phenoxy) is 1. The topological polar surface area (TPSA) is 90.1 Å². The van der Waals surface area contributed by atoms with Crippen LogP contribution in [0, 0.1) is 13.8 Å². The molecule has 1 N–H and O–H groups in total. The number of hydrogen-bond donors (Lipinski definition) is 1. The van der Waals surface area contributed by atoms with Gasteiger partial charge in [-0.05, 0) is 26.0 Å². The first-order valence-corrected chi connectivity index (χ1v) is 10.7. The number of thioether (sulfide) groups is 1. The summed E-state index contributed by atoms with van der Waals surface area (Å²) >= 11 is 1.46. The van der Waals surface area contributed by atoms with Gasteiger partial charge in [0.25, 0.3) is 5.91 Å². The third-order valence-electron chi connectivity index (χ3n) is 4.96. The van der Waals surface area contributed by atoms with Crippen LogP contribution >= 0.6 is 11.8 Å². The third kappa shape index (κ3) is 4.39. The lowest BCUT2D eigenvalue weighted by molar-refractivity contribution is 0.0923. The normalized spacial score (nSPS) is 10.9. The van der Waals surface area contributed by atoms with Crippen LogP contribution in [0.25, 0.3) is 11.0 Å². The lowest BCUT2D eigenvalue weighted by Gasteiger charge is -2.12. The molecule has 158 valence electrons. The molecule has 4 rings (SSSR count). The van der Waals surface area contributed by atoms with Gasteiger partial charge in [-0.25, -0.2) is 9.97 Å². The second kappa shape index (κ2) is 9.18. The molecule has 0 aliphatic carbocycles. The van der Waals surface area contributed by atoms with Crippen LogP contribution in [-0.2, 0) is 12.3 Å². The molecule has 0 saturated carbocycles. The second-order valence-corrected chi connectivity index (χ2v) is 7.90. The fourth-order valence-corrected chi connectivity index (χ4v) is 4.25. The number of amides is 1. The van der Waals surface area contributed by atoms with Crippen molar-refractivity contribution in [1.29, 1.82) is 0 Å². The van der Waals surface area contributed by atoms with E-state index in [9.17, 15) is 4.79 Å². The Hall–Kier alpha value is -3.39. The fourth-order valence-electron chi connectivity index (χ4n) is 3.42. The molecule has 7 nitrogen and oxygen atoms in total. The highest BCUT2D eigenvalue weighted by Gasteiger charge is 2.21. The molecule has 0 fully saturated rings. The second-order valence-electron chi connectivity index (χ2n) is 6.95. The highest BCUT2D eigenvalue weighted by atomic mass is 32.2. The highest BCUT2D eigenvalue weighted by Crippen LogP contribution is 2.31. The Labute approximate surface area is 184 Å². The van der Waals surface area contributed by atoms with Crippen molar-refractivity contribution in [3.8, 4) is 5.75 Å². The highest BCUT2D eigenvalue weighted by molar-refractivity contribution is 7.98. The molecule has 0 radical (unpaired) electrons. The molecule has 1 aromatic carbocycles. The molecular formula is C23H22N4O3S. The Kier molecular flexibility index (Phi) is 6.18. The van der Waals surface area contributed by atoms with Gasteiger partial charge in [0.15, 0.2) is 10.9 Å². The number of methoxy groups -OCH3 is 1. The number of carbonyl (C=O) groups is 1. The van der Waals surface area contributed by atoms with Crippen molar-refractivity contribution < 1.29 is 13.9 Å². The van der Waals surface area contributed by atoms with Crippen molar-refractivity contribution in [1.82, 2.24) is 20.3 Å². The summed E-state index contributed by atoms with van der Waals surface area (Å²) in [7, 11) is 1.63. The number of nitrogens with one attached hydrogen (secondary N) is 1. The summed E-state index contributed by atoms with van der Waals surface area (Å²) in [5, 5.41) is 4.48. The van der Waals surface area contributed by atoms with Crippen LogP contribution in [0.1, 0.15) is 32.9 Å². The summed E-state index contributed by atoms with van der Waals surface area (Å²) in [6, 6.07) is 9.39. The van der Waals surface area contributed by atoms with Crippen LogP contribution in [-0.4, -0.2) is 28.0 Å². The predicted molar refractivity (Wildman–Crippen MR) is 119 cm³/mol. The van der Waals surface area contributed by atoms with Crippen molar-refractivity contribution in [3.05, 3.63) is 77.1 Å². The molecule has 8 heteroatoms. The third-order valence-corrected chi connectivity index (χ3v) is 5.86. The van der Waals surface area contributed by atoms with Crippen molar-refractivity contribution in [2.24, 2.45) is 0 Å². The number of aromatic nitrogens is 3. The molecule has 0 bridgehead atoms. The standard InChI is InChI=1S/C23H22N4O3S/c1-14-11-26-18(15(2)20(14)29-3)12-27-22(28)21-17(13-31-23-24-9-6-10-25-23)16-7-4-5-8-19(16)30-21/h4-11H,12-13H2,1-3H3,(H,27,28). The van der Waals surface area contributed by atoms with E-state index >= 15 is 0 Å². The van der Waals surface area contributed by atoms with E-state index in [1.165, 1.54) is 11.8 Å². The lowest BCUT2D eigenvalue weighted by atomic mass is 10.1. The van der Waals surface area contributed by atoms with Crippen LogP contribution in [0.4, 0.5) is 0 Å². The number of carbonyl (C=O) groups excluding carboxylic acids is 1. The Morgan fingerprint density at radius 2 is 1.90 bits per heavy atom. The number of fused-ring (bicyclic) bond motifs is 1. The minimum atomic E-state index is -0.290. The summed E-state index contributed by atoms with van der Waals surface area (Å²) in [5.41, 5.74) is 4.10. The number of nitrogens with zero attached hydrogens (tertiary/aromatic N) is 3. The average molecular weight is 435 g/mol. The molecule has 0 aliphatic heterocycles. The van der Waals surface area contributed by atoms with Crippen LogP contribution in [0.3, 0.4) is 0 Å². The molecular weight excluding hydrogens is 412 g/mol. The van der Waals surface area contributed by atoms with E-state index in [1.807, 2.05) is 38.1 Å². The number of benzene rings is 1. The maximum atomic E-state index is 13.0. The zero-order chi connectivity index (χ0) is 21.8. The summed E-state index contributed by atoms with van der Waals surface area (Å²) < 4.78 is 11.4. The molecule has 3 heterocycles. The summed E-state index contributed by atoms with van der Waals surface area (Å²) in [6.07, 6.45) is 5.14. The molecule has 0 saturated heterocycles. The minimum Gasteiger partial charge on any atom is -0.496 e. The molecule has 1 amide bonds. The van der Waals surface area contributed by atoms with Gasteiger partial charge >= 0.3 is 0 Å². The van der Waals surface area contributed by atoms with Crippen molar-refractivity contribution in [2.45, 2.75) is 31.3 Å².